The van der Waals surface area contributed by atoms with Crippen LogP contribution in [0.5, 0.6) is 0 Å². The van der Waals surface area contributed by atoms with Gasteiger partial charge in [0.15, 0.2) is 0 Å². The van der Waals surface area contributed by atoms with E-state index in [2.05, 4.69) is 20.2 Å². The Hall–Kier alpha value is -2.69. The average Bonchev–Trinajstić information content (AvgIpc) is 3.29. The second kappa shape index (κ2) is 8.13. The van der Waals surface area contributed by atoms with Crippen LogP contribution in [0.25, 0.3) is 11.5 Å². The van der Waals surface area contributed by atoms with Crippen LogP contribution in [0.4, 0.5) is 5.69 Å². The number of amides is 1. The van der Waals surface area contributed by atoms with Crippen molar-refractivity contribution >= 4 is 33.2 Å². The van der Waals surface area contributed by atoms with E-state index in [0.29, 0.717) is 11.5 Å². The van der Waals surface area contributed by atoms with Gasteiger partial charge in [-0.15, -0.1) is 0 Å². The molecule has 0 saturated carbocycles. The van der Waals surface area contributed by atoms with Gasteiger partial charge in [-0.05, 0) is 37.3 Å². The molecular formula is C17H18ClN5O4S. The first-order valence-corrected chi connectivity index (χ1v) is 10.2. The Morgan fingerprint density at radius 2 is 2.11 bits per heavy atom. The minimum Gasteiger partial charge on any atom is -0.345 e. The summed E-state index contributed by atoms with van der Waals surface area (Å²) < 4.78 is 34.4. The molecule has 0 bridgehead atoms. The lowest BCUT2D eigenvalue weighted by Gasteiger charge is -2.08. The first-order chi connectivity index (χ1) is 13.3. The molecule has 3 rings (SSSR count). The van der Waals surface area contributed by atoms with E-state index in [1.807, 2.05) is 29.8 Å². The van der Waals surface area contributed by atoms with Crippen LogP contribution < -0.4 is 10.0 Å². The van der Waals surface area contributed by atoms with Gasteiger partial charge in [-0.25, -0.2) is 13.1 Å². The molecule has 0 fully saturated rings. The van der Waals surface area contributed by atoms with Gasteiger partial charge in [-0.2, -0.15) is 4.98 Å². The molecule has 11 heteroatoms. The summed E-state index contributed by atoms with van der Waals surface area (Å²) in [5.74, 6) is 0.198. The SMILES string of the molecule is CCn1cccc1-c1noc(CNS(=O)(=O)c2ccc(NC(C)=O)c(Cl)c2)n1. The predicted molar refractivity (Wildman–Crippen MR) is 103 cm³/mol. The summed E-state index contributed by atoms with van der Waals surface area (Å²) in [6, 6.07) is 7.73. The van der Waals surface area contributed by atoms with Crippen LogP contribution >= 0.6 is 11.6 Å². The van der Waals surface area contributed by atoms with Gasteiger partial charge in [0.2, 0.25) is 27.6 Å². The van der Waals surface area contributed by atoms with E-state index in [0.717, 1.165) is 12.2 Å². The number of aryl methyl sites for hydroxylation is 1. The highest BCUT2D eigenvalue weighted by Crippen LogP contribution is 2.25. The normalized spacial score (nSPS) is 11.5. The first-order valence-electron chi connectivity index (χ1n) is 8.35. The fourth-order valence-corrected chi connectivity index (χ4v) is 3.81. The standard InChI is InChI=1S/C17H18ClN5O4S/c1-3-23-8-4-5-15(23)17-21-16(27-22-17)10-19-28(25,26)12-6-7-14(13(18)9-12)20-11(2)24/h4-9,19H,3,10H2,1-2H3,(H,20,24). The van der Waals surface area contributed by atoms with Gasteiger partial charge in [0.25, 0.3) is 0 Å². The number of hydrogen-bond acceptors (Lipinski definition) is 6. The number of hydrogen-bond donors (Lipinski definition) is 2. The second-order valence-corrected chi connectivity index (χ2v) is 8.01. The first kappa shape index (κ1) is 20.1. The Balaban J connectivity index is 1.72. The third kappa shape index (κ3) is 4.41. The topological polar surface area (TPSA) is 119 Å². The monoisotopic (exact) mass is 423 g/mol. The zero-order valence-electron chi connectivity index (χ0n) is 15.1. The quantitative estimate of drug-likeness (QED) is 0.602. The molecule has 3 aromatic rings. The smallest absolute Gasteiger partial charge is 0.242 e. The number of sulfonamides is 1. The van der Waals surface area contributed by atoms with Crippen LogP contribution in [0.3, 0.4) is 0 Å². The van der Waals surface area contributed by atoms with Gasteiger partial charge in [0.05, 0.1) is 27.8 Å². The van der Waals surface area contributed by atoms with Crippen molar-refractivity contribution in [2.75, 3.05) is 5.32 Å². The Labute approximate surface area is 166 Å². The average molecular weight is 424 g/mol. The van der Waals surface area contributed by atoms with Crippen LogP contribution in [0.15, 0.2) is 45.9 Å². The molecule has 1 amide bonds. The molecule has 9 nitrogen and oxygen atoms in total. The van der Waals surface area contributed by atoms with E-state index in [-0.39, 0.29) is 28.3 Å². The van der Waals surface area contributed by atoms with Crippen LogP contribution in [0.2, 0.25) is 5.02 Å². The lowest BCUT2D eigenvalue weighted by molar-refractivity contribution is -0.114. The zero-order chi connectivity index (χ0) is 20.3. The van der Waals surface area contributed by atoms with E-state index in [4.69, 9.17) is 16.1 Å². The van der Waals surface area contributed by atoms with Crippen molar-refractivity contribution in [3.63, 3.8) is 0 Å². The highest BCUT2D eigenvalue weighted by molar-refractivity contribution is 7.89. The summed E-state index contributed by atoms with van der Waals surface area (Å²) in [5, 5.41) is 6.51. The van der Waals surface area contributed by atoms with Crippen molar-refractivity contribution in [2.24, 2.45) is 0 Å². The van der Waals surface area contributed by atoms with Crippen LogP contribution in [0.1, 0.15) is 19.7 Å². The summed E-state index contributed by atoms with van der Waals surface area (Å²) in [7, 11) is -3.86. The second-order valence-electron chi connectivity index (χ2n) is 5.84. The number of benzene rings is 1. The third-order valence-corrected chi connectivity index (χ3v) is 5.55. The van der Waals surface area contributed by atoms with E-state index < -0.39 is 10.0 Å². The van der Waals surface area contributed by atoms with E-state index in [9.17, 15) is 13.2 Å². The van der Waals surface area contributed by atoms with E-state index >= 15 is 0 Å². The number of nitrogens with zero attached hydrogens (tertiary/aromatic N) is 3. The van der Waals surface area contributed by atoms with Crippen LogP contribution in [-0.4, -0.2) is 29.0 Å². The molecule has 0 aliphatic carbocycles. The van der Waals surface area contributed by atoms with E-state index in [1.165, 1.54) is 25.1 Å². The van der Waals surface area contributed by atoms with Crippen molar-refractivity contribution in [2.45, 2.75) is 31.8 Å². The van der Waals surface area contributed by atoms with Gasteiger partial charge in [-0.1, -0.05) is 16.8 Å². The lowest BCUT2D eigenvalue weighted by Crippen LogP contribution is -2.23. The molecule has 0 saturated heterocycles. The van der Waals surface area contributed by atoms with Crippen LogP contribution in [-0.2, 0) is 27.9 Å². The molecule has 2 N–H and O–H groups in total. The number of anilines is 1. The van der Waals surface area contributed by atoms with Gasteiger partial charge in [0.1, 0.15) is 0 Å². The van der Waals surface area contributed by atoms with Crippen molar-refractivity contribution in [3.05, 3.63) is 47.4 Å². The molecule has 0 atom stereocenters. The van der Waals surface area contributed by atoms with E-state index in [1.54, 1.807) is 0 Å². The maximum atomic E-state index is 12.5. The minimum atomic E-state index is -3.86. The summed E-state index contributed by atoms with van der Waals surface area (Å²) in [6.07, 6.45) is 1.89. The molecule has 0 unspecified atom stereocenters. The maximum absolute atomic E-state index is 12.5. The lowest BCUT2D eigenvalue weighted by atomic mass is 10.3. The number of aromatic nitrogens is 3. The van der Waals surface area contributed by atoms with Crippen molar-refractivity contribution in [1.82, 2.24) is 19.4 Å². The predicted octanol–water partition coefficient (Wildman–Crippen LogP) is 2.65. The number of carbonyl (C=O) groups excluding carboxylic acids is 1. The molecule has 2 aromatic heterocycles. The number of nitrogens with one attached hydrogen (secondary N) is 2. The number of halogens is 1. The highest BCUT2D eigenvalue weighted by atomic mass is 35.5. The molecule has 0 radical (unpaired) electrons. The zero-order valence-corrected chi connectivity index (χ0v) is 16.7. The Morgan fingerprint density at radius 3 is 2.79 bits per heavy atom. The molecule has 148 valence electrons. The molecule has 2 heterocycles. The summed E-state index contributed by atoms with van der Waals surface area (Å²) >= 11 is 6.04. The molecule has 1 aromatic carbocycles. The van der Waals surface area contributed by atoms with Crippen LogP contribution in [0, 0.1) is 0 Å². The fraction of sp³-hybridized carbons (Fsp3) is 0.235. The molecule has 28 heavy (non-hydrogen) atoms. The fourth-order valence-electron chi connectivity index (χ4n) is 2.52. The van der Waals surface area contributed by atoms with Gasteiger partial charge >= 0.3 is 0 Å². The summed E-state index contributed by atoms with van der Waals surface area (Å²) in [4.78, 5) is 15.3. The summed E-state index contributed by atoms with van der Waals surface area (Å²) in [5.41, 5.74) is 1.11. The van der Waals surface area contributed by atoms with Crippen molar-refractivity contribution in [1.29, 1.82) is 0 Å². The molecule has 0 aliphatic heterocycles. The number of rotatable bonds is 7. The summed E-state index contributed by atoms with van der Waals surface area (Å²) in [6.45, 7) is 3.89. The Morgan fingerprint density at radius 1 is 1.32 bits per heavy atom. The van der Waals surface area contributed by atoms with Gasteiger partial charge in [0, 0.05) is 19.7 Å². The Kier molecular flexibility index (Phi) is 5.82. The minimum absolute atomic E-state index is 0.0498. The van der Waals surface area contributed by atoms with Gasteiger partial charge in [-0.3, -0.25) is 4.79 Å². The third-order valence-electron chi connectivity index (χ3n) is 3.84. The van der Waals surface area contributed by atoms with Crippen molar-refractivity contribution in [3.8, 4) is 11.5 Å². The largest absolute Gasteiger partial charge is 0.345 e. The van der Waals surface area contributed by atoms with Crippen molar-refractivity contribution < 1.29 is 17.7 Å². The van der Waals surface area contributed by atoms with Gasteiger partial charge < -0.3 is 14.4 Å². The molecule has 0 aliphatic rings. The number of carbonyl (C=O) groups is 1. The highest BCUT2D eigenvalue weighted by Gasteiger charge is 2.18. The maximum Gasteiger partial charge on any atom is 0.242 e. The Bertz CT molecular complexity index is 1110. The molecular weight excluding hydrogens is 406 g/mol. The molecule has 0 spiro atoms.